The highest BCUT2D eigenvalue weighted by Crippen LogP contribution is 2.00. The summed E-state index contributed by atoms with van der Waals surface area (Å²) in [6, 6.07) is 9.96. The van der Waals surface area contributed by atoms with E-state index in [-0.39, 0.29) is 0 Å². The number of rotatable bonds is 1. The van der Waals surface area contributed by atoms with Crippen LogP contribution in [0, 0.1) is 0 Å². The van der Waals surface area contributed by atoms with Gasteiger partial charge in [0.15, 0.2) is 0 Å². The zero-order valence-electron chi connectivity index (χ0n) is 6.40. The Hall–Kier alpha value is -1.22. The summed E-state index contributed by atoms with van der Waals surface area (Å²) in [4.78, 5) is 8.78. The minimum absolute atomic E-state index is 0.612. The number of halogens is 1. The fraction of sp³-hybridized carbons (Fsp3) is 0.125. The number of alkyl halides is 1. The second-order valence-electron chi connectivity index (χ2n) is 1.96. The molecule has 0 saturated carbocycles. The van der Waals surface area contributed by atoms with Crippen molar-refractivity contribution in [1.82, 2.24) is 0 Å². The zero-order valence-corrected chi connectivity index (χ0v) is 7.16. The normalized spacial score (nSPS) is 8.08. The van der Waals surface area contributed by atoms with E-state index in [1.807, 2.05) is 30.3 Å². The summed E-state index contributed by atoms with van der Waals surface area (Å²) in [5.41, 5.74) is 5.20. The van der Waals surface area contributed by atoms with Crippen molar-refractivity contribution in [3.63, 3.8) is 0 Å². The van der Waals surface area contributed by atoms with Crippen molar-refractivity contribution in [3.05, 3.63) is 35.9 Å². The molecule has 0 aliphatic heterocycles. The molecule has 3 N–H and O–H groups in total. The van der Waals surface area contributed by atoms with Crippen LogP contribution >= 0.6 is 11.6 Å². The summed E-state index contributed by atoms with van der Waals surface area (Å²) in [5.74, 6) is 0.612. The Bertz CT molecular complexity index is 222. The highest BCUT2D eigenvalue weighted by Gasteiger charge is 1.81. The Balaban J connectivity index is 0.000000261. The van der Waals surface area contributed by atoms with E-state index in [4.69, 9.17) is 21.5 Å². The molecule has 0 unspecified atom stereocenters. The Morgan fingerprint density at radius 3 is 2.08 bits per heavy atom. The molecule has 1 rings (SSSR count). The molecule has 0 spiro atoms. The first-order valence-corrected chi connectivity index (χ1v) is 3.78. The molecule has 0 saturated heterocycles. The molecule has 4 heteroatoms. The molecule has 0 bridgehead atoms. The van der Waals surface area contributed by atoms with Gasteiger partial charge in [-0.2, -0.15) is 0 Å². The van der Waals surface area contributed by atoms with E-state index >= 15 is 0 Å². The van der Waals surface area contributed by atoms with Crippen LogP contribution in [0.3, 0.4) is 0 Å². The fourth-order valence-corrected chi connectivity index (χ4v) is 0.745. The molecule has 0 aliphatic rings. The van der Waals surface area contributed by atoms with Crippen molar-refractivity contribution >= 4 is 17.7 Å². The number of hydrogen-bond acceptors (Lipinski definition) is 1. The van der Waals surface area contributed by atoms with Gasteiger partial charge in [0.2, 0.25) is 0 Å². The maximum atomic E-state index is 8.78. The van der Waals surface area contributed by atoms with Gasteiger partial charge < -0.3 is 10.8 Å². The summed E-state index contributed by atoms with van der Waals surface area (Å²) in [6.45, 7) is 0. The van der Waals surface area contributed by atoms with Crippen LogP contribution < -0.4 is 5.73 Å². The van der Waals surface area contributed by atoms with Crippen LogP contribution in [0.15, 0.2) is 30.3 Å². The molecule has 3 nitrogen and oxygen atoms in total. The van der Waals surface area contributed by atoms with Crippen LogP contribution in [0.1, 0.15) is 5.56 Å². The molecule has 0 radical (unpaired) electrons. The van der Waals surface area contributed by atoms with E-state index < -0.39 is 6.09 Å². The summed E-state index contributed by atoms with van der Waals surface area (Å²) in [5, 5.41) is 7.19. The van der Waals surface area contributed by atoms with Crippen LogP contribution in [0.5, 0.6) is 0 Å². The van der Waals surface area contributed by atoms with Crippen molar-refractivity contribution in [2.75, 3.05) is 0 Å². The molecule has 1 aromatic rings. The SMILES string of the molecule is ClCc1ccccc1.NC(=O)O. The van der Waals surface area contributed by atoms with Crippen molar-refractivity contribution in [2.24, 2.45) is 5.73 Å². The lowest BCUT2D eigenvalue weighted by atomic mass is 10.2. The molecular formula is C8H10ClNO2. The number of nitrogens with two attached hydrogens (primary N) is 1. The summed E-state index contributed by atoms with van der Waals surface area (Å²) in [7, 11) is 0. The third-order valence-electron chi connectivity index (χ3n) is 0.997. The monoisotopic (exact) mass is 187 g/mol. The summed E-state index contributed by atoms with van der Waals surface area (Å²) >= 11 is 5.53. The van der Waals surface area contributed by atoms with Gasteiger partial charge in [0.05, 0.1) is 0 Å². The Kier molecular flexibility index (Phi) is 5.83. The van der Waals surface area contributed by atoms with Gasteiger partial charge in [-0.15, -0.1) is 11.6 Å². The molecule has 0 aromatic heterocycles. The van der Waals surface area contributed by atoms with Gasteiger partial charge in [0, 0.05) is 5.88 Å². The van der Waals surface area contributed by atoms with Gasteiger partial charge in [-0.05, 0) is 5.56 Å². The molecule has 0 fully saturated rings. The number of hydrogen-bond donors (Lipinski definition) is 2. The molecule has 66 valence electrons. The highest BCUT2D eigenvalue weighted by atomic mass is 35.5. The molecule has 0 atom stereocenters. The maximum Gasteiger partial charge on any atom is 0.402 e. The van der Waals surface area contributed by atoms with Crippen LogP contribution in [0.2, 0.25) is 0 Å². The third-order valence-corrected chi connectivity index (χ3v) is 1.31. The third kappa shape index (κ3) is 6.89. The Labute approximate surface area is 75.8 Å². The van der Waals surface area contributed by atoms with Crippen LogP contribution in [-0.2, 0) is 5.88 Å². The number of primary amides is 1. The predicted molar refractivity (Wildman–Crippen MR) is 48.2 cm³/mol. The molecule has 1 amide bonds. The molecule has 12 heavy (non-hydrogen) atoms. The predicted octanol–water partition coefficient (Wildman–Crippen LogP) is 2.05. The zero-order chi connectivity index (χ0) is 9.40. The van der Waals surface area contributed by atoms with E-state index in [1.54, 1.807) is 0 Å². The lowest BCUT2D eigenvalue weighted by Crippen LogP contribution is -2.03. The van der Waals surface area contributed by atoms with E-state index in [2.05, 4.69) is 5.73 Å². The summed E-state index contributed by atoms with van der Waals surface area (Å²) in [6.07, 6.45) is -1.33. The van der Waals surface area contributed by atoms with Crippen molar-refractivity contribution in [2.45, 2.75) is 5.88 Å². The van der Waals surface area contributed by atoms with Crippen LogP contribution in [0.4, 0.5) is 4.79 Å². The van der Waals surface area contributed by atoms with E-state index in [9.17, 15) is 0 Å². The standard InChI is InChI=1S/C7H7Cl.CH3NO2/c8-6-7-4-2-1-3-5-7;2-1(3)4/h1-5H,6H2;2H2,(H,3,4). The van der Waals surface area contributed by atoms with Gasteiger partial charge in [-0.3, -0.25) is 0 Å². The van der Waals surface area contributed by atoms with Gasteiger partial charge in [0.25, 0.3) is 0 Å². The quantitative estimate of drug-likeness (QED) is 0.661. The topological polar surface area (TPSA) is 63.3 Å². The van der Waals surface area contributed by atoms with Crippen LogP contribution in [-0.4, -0.2) is 11.2 Å². The Morgan fingerprint density at radius 1 is 1.42 bits per heavy atom. The average Bonchev–Trinajstić information content (AvgIpc) is 2.05. The van der Waals surface area contributed by atoms with Gasteiger partial charge in [-0.25, -0.2) is 4.79 Å². The summed E-state index contributed by atoms with van der Waals surface area (Å²) < 4.78 is 0. The van der Waals surface area contributed by atoms with Crippen molar-refractivity contribution in [1.29, 1.82) is 0 Å². The van der Waals surface area contributed by atoms with E-state index in [0.29, 0.717) is 5.88 Å². The van der Waals surface area contributed by atoms with E-state index in [0.717, 1.165) is 0 Å². The second kappa shape index (κ2) is 6.49. The molecular weight excluding hydrogens is 178 g/mol. The van der Waals surface area contributed by atoms with Gasteiger partial charge >= 0.3 is 6.09 Å². The van der Waals surface area contributed by atoms with Crippen LogP contribution in [0.25, 0.3) is 0 Å². The molecule has 0 aliphatic carbocycles. The minimum atomic E-state index is -1.33. The first kappa shape index (κ1) is 10.8. The second-order valence-corrected chi connectivity index (χ2v) is 2.22. The van der Waals surface area contributed by atoms with Gasteiger partial charge in [-0.1, -0.05) is 30.3 Å². The minimum Gasteiger partial charge on any atom is -0.465 e. The lowest BCUT2D eigenvalue weighted by molar-refractivity contribution is 0.205. The number of carboxylic acid groups (broad SMARTS) is 1. The smallest absolute Gasteiger partial charge is 0.402 e. The van der Waals surface area contributed by atoms with Crippen molar-refractivity contribution in [3.8, 4) is 0 Å². The average molecular weight is 188 g/mol. The first-order chi connectivity index (χ1) is 5.66. The largest absolute Gasteiger partial charge is 0.465 e. The first-order valence-electron chi connectivity index (χ1n) is 3.25. The van der Waals surface area contributed by atoms with Crippen molar-refractivity contribution < 1.29 is 9.90 Å². The van der Waals surface area contributed by atoms with Gasteiger partial charge in [0.1, 0.15) is 0 Å². The molecule has 1 aromatic carbocycles. The highest BCUT2D eigenvalue weighted by molar-refractivity contribution is 6.17. The number of benzene rings is 1. The maximum absolute atomic E-state index is 8.78. The molecule has 0 heterocycles. The number of carbonyl (C=O) groups is 1. The lowest BCUT2D eigenvalue weighted by Gasteiger charge is -1.88. The number of amides is 1. The Morgan fingerprint density at radius 2 is 1.83 bits per heavy atom. The van der Waals surface area contributed by atoms with E-state index in [1.165, 1.54) is 5.56 Å². The fourth-order valence-electron chi connectivity index (χ4n) is 0.567.